The van der Waals surface area contributed by atoms with Crippen molar-refractivity contribution < 1.29 is 18.0 Å². The number of carbonyl (C=O) groups is 2. The molecule has 0 unspecified atom stereocenters. The van der Waals surface area contributed by atoms with Gasteiger partial charge in [0.2, 0.25) is 21.3 Å². The van der Waals surface area contributed by atoms with Crippen LogP contribution in [0, 0.1) is 23.7 Å². The number of hydrogen-bond donors (Lipinski definition) is 1. The first-order chi connectivity index (χ1) is 9.88. The molecule has 2 bridgehead atoms. The Balaban J connectivity index is 1.73. The molecule has 2 N–H and O–H groups in total. The average molecular weight is 326 g/mol. The van der Waals surface area contributed by atoms with E-state index < -0.39 is 14.4 Å². The Morgan fingerprint density at radius 2 is 1.71 bits per heavy atom. The highest BCUT2D eigenvalue weighted by molar-refractivity contribution is 7.91. The van der Waals surface area contributed by atoms with Crippen molar-refractivity contribution in [2.45, 2.75) is 10.8 Å². The molecule has 3 aliphatic rings. The lowest BCUT2D eigenvalue weighted by Gasteiger charge is -2.14. The summed E-state index contributed by atoms with van der Waals surface area (Å²) in [7, 11) is -3.99. The third kappa shape index (κ3) is 1.66. The van der Waals surface area contributed by atoms with Crippen molar-refractivity contribution in [3.05, 3.63) is 12.2 Å². The number of amides is 2. The van der Waals surface area contributed by atoms with Gasteiger partial charge in [0.15, 0.2) is 0 Å². The number of aromatic nitrogens is 2. The number of carbonyl (C=O) groups excluding carboxylic acids is 2. The van der Waals surface area contributed by atoms with Gasteiger partial charge in [-0.3, -0.25) is 9.59 Å². The summed E-state index contributed by atoms with van der Waals surface area (Å²) in [5.41, 5.74) is 0. The molecule has 1 aromatic rings. The number of anilines is 1. The minimum atomic E-state index is -3.99. The summed E-state index contributed by atoms with van der Waals surface area (Å²) in [4.78, 5) is 25.9. The number of fused-ring (bicyclic) bond motifs is 5. The summed E-state index contributed by atoms with van der Waals surface area (Å²) in [5, 5.41) is 12.0. The smallest absolute Gasteiger partial charge is 0.267 e. The van der Waals surface area contributed by atoms with E-state index in [2.05, 4.69) is 10.2 Å². The molecule has 10 heteroatoms. The standard InChI is InChI=1S/C11H10N4O4S2/c12-21(18,19)11-14-13-10(20-11)15-8(16)6-4-1-2-5(3-4)7(6)9(15)17/h1-2,4-7H,3H2,(H2,12,18,19)/t4-,5+,6-,7+. The Bertz CT molecular complexity index is 769. The van der Waals surface area contributed by atoms with Gasteiger partial charge in [0.25, 0.3) is 10.0 Å². The van der Waals surface area contributed by atoms with Crippen LogP contribution in [-0.4, -0.2) is 30.4 Å². The largest absolute Gasteiger partial charge is 0.274 e. The number of primary sulfonamides is 1. The molecule has 2 heterocycles. The Hall–Kier alpha value is -1.65. The van der Waals surface area contributed by atoms with Crippen LogP contribution >= 0.6 is 11.3 Å². The maximum atomic E-state index is 12.5. The average Bonchev–Trinajstić information content (AvgIpc) is 3.12. The first-order valence-corrected chi connectivity index (χ1v) is 8.66. The van der Waals surface area contributed by atoms with Crippen LogP contribution in [0.25, 0.3) is 0 Å². The number of rotatable bonds is 2. The summed E-state index contributed by atoms with van der Waals surface area (Å²) in [6, 6.07) is 0. The highest BCUT2D eigenvalue weighted by Gasteiger charge is 2.60. The van der Waals surface area contributed by atoms with Crippen LogP contribution < -0.4 is 10.0 Å². The molecule has 0 spiro atoms. The zero-order valence-corrected chi connectivity index (χ0v) is 12.2. The van der Waals surface area contributed by atoms with Gasteiger partial charge in [-0.15, -0.1) is 10.2 Å². The van der Waals surface area contributed by atoms with E-state index in [9.17, 15) is 18.0 Å². The van der Waals surface area contributed by atoms with E-state index in [4.69, 9.17) is 5.14 Å². The molecule has 2 amide bonds. The lowest BCUT2D eigenvalue weighted by molar-refractivity contribution is -0.123. The maximum Gasteiger partial charge on any atom is 0.267 e. The topological polar surface area (TPSA) is 123 Å². The van der Waals surface area contributed by atoms with E-state index in [0.717, 1.165) is 11.3 Å². The SMILES string of the molecule is NS(=O)(=O)c1nnc(N2C(=O)[C@@H]3[C@H](C2=O)[C@@H]2C=C[C@H]3C2)s1. The van der Waals surface area contributed by atoms with Crippen molar-refractivity contribution in [1.29, 1.82) is 0 Å². The molecule has 1 saturated heterocycles. The Morgan fingerprint density at radius 3 is 2.19 bits per heavy atom. The van der Waals surface area contributed by atoms with Crippen molar-refractivity contribution in [1.82, 2.24) is 10.2 Å². The normalized spacial score (nSPS) is 34.0. The van der Waals surface area contributed by atoms with Gasteiger partial charge in [-0.05, 0) is 18.3 Å². The van der Waals surface area contributed by atoms with Crippen molar-refractivity contribution in [2.75, 3.05) is 4.90 Å². The third-order valence-electron chi connectivity index (χ3n) is 4.30. The molecule has 0 radical (unpaired) electrons. The lowest BCUT2D eigenvalue weighted by atomic mass is 9.85. The van der Waals surface area contributed by atoms with Crippen molar-refractivity contribution in [2.24, 2.45) is 28.8 Å². The quantitative estimate of drug-likeness (QED) is 0.444. The second-order valence-corrected chi connectivity index (χ2v) is 8.10. The van der Waals surface area contributed by atoms with E-state index in [1.807, 2.05) is 12.2 Å². The van der Waals surface area contributed by atoms with E-state index in [1.54, 1.807) is 0 Å². The van der Waals surface area contributed by atoms with Crippen molar-refractivity contribution in [3.8, 4) is 0 Å². The minimum absolute atomic E-state index is 0.0252. The molecule has 4 rings (SSSR count). The van der Waals surface area contributed by atoms with Gasteiger partial charge in [-0.1, -0.05) is 23.5 Å². The number of sulfonamides is 1. The number of hydrogen-bond acceptors (Lipinski definition) is 7. The highest BCUT2D eigenvalue weighted by atomic mass is 32.2. The van der Waals surface area contributed by atoms with Crippen LogP contribution in [0.5, 0.6) is 0 Å². The zero-order chi connectivity index (χ0) is 14.9. The van der Waals surface area contributed by atoms with Gasteiger partial charge in [-0.25, -0.2) is 18.5 Å². The molecule has 110 valence electrons. The molecular formula is C11H10N4O4S2. The fourth-order valence-corrected chi connectivity index (χ4v) is 4.93. The Kier molecular flexibility index (Phi) is 2.46. The van der Waals surface area contributed by atoms with E-state index in [1.165, 1.54) is 0 Å². The summed E-state index contributed by atoms with van der Waals surface area (Å²) in [5.74, 6) is -1.17. The third-order valence-corrected chi connectivity index (χ3v) is 6.52. The van der Waals surface area contributed by atoms with E-state index in [-0.39, 0.29) is 40.6 Å². The second kappa shape index (κ2) is 3.96. The summed E-state index contributed by atoms with van der Waals surface area (Å²) in [6.45, 7) is 0. The summed E-state index contributed by atoms with van der Waals surface area (Å²) < 4.78 is 22.0. The number of nitrogens with zero attached hydrogens (tertiary/aromatic N) is 3. The van der Waals surface area contributed by atoms with Crippen molar-refractivity contribution in [3.63, 3.8) is 0 Å². The maximum absolute atomic E-state index is 12.5. The second-order valence-electron chi connectivity index (χ2n) is 5.41. The molecule has 2 aliphatic carbocycles. The van der Waals surface area contributed by atoms with Gasteiger partial charge in [0.1, 0.15) is 0 Å². The fourth-order valence-electron chi connectivity index (χ4n) is 3.50. The lowest BCUT2D eigenvalue weighted by Crippen LogP contribution is -2.32. The van der Waals surface area contributed by atoms with Crippen LogP contribution in [0.4, 0.5) is 5.13 Å². The molecule has 4 atom stereocenters. The van der Waals surface area contributed by atoms with Gasteiger partial charge >= 0.3 is 0 Å². The Labute approximate surface area is 123 Å². The van der Waals surface area contributed by atoms with Crippen LogP contribution in [0.2, 0.25) is 0 Å². The molecule has 2 fully saturated rings. The molecule has 0 aromatic carbocycles. The van der Waals surface area contributed by atoms with Crippen LogP contribution in [0.3, 0.4) is 0 Å². The monoisotopic (exact) mass is 326 g/mol. The minimum Gasteiger partial charge on any atom is -0.274 e. The van der Waals surface area contributed by atoms with Crippen LogP contribution in [0.1, 0.15) is 6.42 Å². The number of imide groups is 1. The van der Waals surface area contributed by atoms with Gasteiger partial charge < -0.3 is 0 Å². The number of nitrogens with two attached hydrogens (primary N) is 1. The predicted octanol–water partition coefficient (Wildman–Crippen LogP) is -0.503. The van der Waals surface area contributed by atoms with Crippen LogP contribution in [0.15, 0.2) is 16.5 Å². The van der Waals surface area contributed by atoms with E-state index in [0.29, 0.717) is 11.3 Å². The molecule has 8 nitrogen and oxygen atoms in total. The zero-order valence-electron chi connectivity index (χ0n) is 10.5. The Morgan fingerprint density at radius 1 is 1.14 bits per heavy atom. The first kappa shape index (κ1) is 13.0. The highest BCUT2D eigenvalue weighted by Crippen LogP contribution is 2.53. The first-order valence-electron chi connectivity index (χ1n) is 6.30. The van der Waals surface area contributed by atoms with Crippen molar-refractivity contribution >= 4 is 38.3 Å². The molecule has 1 saturated carbocycles. The van der Waals surface area contributed by atoms with Gasteiger partial charge in [0, 0.05) is 0 Å². The molecule has 21 heavy (non-hydrogen) atoms. The molecular weight excluding hydrogens is 316 g/mol. The predicted molar refractivity (Wildman–Crippen MR) is 71.5 cm³/mol. The summed E-state index contributed by atoms with van der Waals surface area (Å²) in [6.07, 6.45) is 4.80. The van der Waals surface area contributed by atoms with Crippen LogP contribution in [-0.2, 0) is 19.6 Å². The van der Waals surface area contributed by atoms with Gasteiger partial charge in [-0.2, -0.15) is 0 Å². The van der Waals surface area contributed by atoms with Gasteiger partial charge in [0.05, 0.1) is 11.8 Å². The van der Waals surface area contributed by atoms with E-state index >= 15 is 0 Å². The molecule has 1 aromatic heterocycles. The number of allylic oxidation sites excluding steroid dienone is 2. The fraction of sp³-hybridized carbons (Fsp3) is 0.455. The summed E-state index contributed by atoms with van der Waals surface area (Å²) >= 11 is 0.635. The molecule has 1 aliphatic heterocycles.